The molecule has 14 heteroatoms. The van der Waals surface area contributed by atoms with Gasteiger partial charge in [-0.1, -0.05) is 0 Å². The van der Waals surface area contributed by atoms with E-state index in [1.54, 1.807) is 0 Å². The fourth-order valence-corrected chi connectivity index (χ4v) is 2.91. The summed E-state index contributed by atoms with van der Waals surface area (Å²) in [6, 6.07) is 3.24. The molecule has 0 saturated heterocycles. The quantitative estimate of drug-likeness (QED) is 0.332. The first-order valence-electron chi connectivity index (χ1n) is 8.97. The first-order chi connectivity index (χ1) is 15.3. The Hall–Kier alpha value is -4.23. The Kier molecular flexibility index (Phi) is 7.21. The lowest BCUT2D eigenvalue weighted by Crippen LogP contribution is -2.43. The zero-order valence-corrected chi connectivity index (χ0v) is 17.3. The van der Waals surface area contributed by atoms with E-state index in [9.17, 15) is 43.0 Å². The van der Waals surface area contributed by atoms with Gasteiger partial charge in [-0.3, -0.25) is 29.9 Å². The van der Waals surface area contributed by atoms with Crippen LogP contribution in [-0.2, 0) is 20.5 Å². The molecule has 11 nitrogen and oxygen atoms in total. The van der Waals surface area contributed by atoms with Crippen molar-refractivity contribution in [1.29, 1.82) is 0 Å². The second-order valence-electron chi connectivity index (χ2n) is 6.53. The van der Waals surface area contributed by atoms with Gasteiger partial charge in [-0.15, -0.1) is 0 Å². The molecule has 0 bridgehead atoms. The third kappa shape index (κ3) is 5.53. The minimum absolute atomic E-state index is 0.281. The van der Waals surface area contributed by atoms with Crippen LogP contribution in [-0.4, -0.2) is 34.9 Å². The Morgan fingerprint density at radius 1 is 1.06 bits per heavy atom. The molecule has 0 heterocycles. The van der Waals surface area contributed by atoms with Gasteiger partial charge >= 0.3 is 12.1 Å². The van der Waals surface area contributed by atoms with Crippen LogP contribution in [0.1, 0.15) is 19.4 Å². The van der Waals surface area contributed by atoms with Crippen LogP contribution in [0.15, 0.2) is 36.4 Å². The van der Waals surface area contributed by atoms with E-state index in [4.69, 9.17) is 4.74 Å². The van der Waals surface area contributed by atoms with Gasteiger partial charge in [0.1, 0.15) is 28.8 Å². The van der Waals surface area contributed by atoms with E-state index in [0.717, 1.165) is 49.3 Å². The number of esters is 1. The van der Waals surface area contributed by atoms with Crippen molar-refractivity contribution in [1.82, 2.24) is 0 Å². The zero-order chi connectivity index (χ0) is 25.1. The van der Waals surface area contributed by atoms with Gasteiger partial charge in [0.15, 0.2) is 0 Å². The second kappa shape index (κ2) is 9.50. The van der Waals surface area contributed by atoms with E-state index in [-0.39, 0.29) is 11.8 Å². The van der Waals surface area contributed by atoms with Crippen molar-refractivity contribution in [3.8, 4) is 11.5 Å². The monoisotopic (exact) mass is 471 g/mol. The van der Waals surface area contributed by atoms with Crippen LogP contribution in [0, 0.1) is 20.2 Å². The number of carbonyl (C=O) groups excluding carboxylic acids is 2. The van der Waals surface area contributed by atoms with Gasteiger partial charge < -0.3 is 9.47 Å². The summed E-state index contributed by atoms with van der Waals surface area (Å²) in [6.07, 6.45) is -5.02. The number of halogens is 3. The van der Waals surface area contributed by atoms with Gasteiger partial charge in [-0.25, -0.2) is 4.79 Å². The summed E-state index contributed by atoms with van der Waals surface area (Å²) >= 11 is 0. The third-order valence-electron chi connectivity index (χ3n) is 4.38. The number of methoxy groups -OCH3 is 1. The SMILES string of the molecule is COC(=O)C(C)N(C(C)=O)c1cc(Oc2ccc([N+](=O)[O-])cc2C(F)(F)F)ccc1[N+](=O)[O-]. The van der Waals surface area contributed by atoms with Crippen molar-refractivity contribution in [3.63, 3.8) is 0 Å². The number of amides is 1. The molecule has 0 saturated carbocycles. The molecule has 0 spiro atoms. The molecule has 0 radical (unpaired) electrons. The summed E-state index contributed by atoms with van der Waals surface area (Å²) in [5.41, 5.74) is -3.34. The Balaban J connectivity index is 2.63. The van der Waals surface area contributed by atoms with Crippen LogP contribution in [0.2, 0.25) is 0 Å². The Morgan fingerprint density at radius 2 is 1.70 bits per heavy atom. The molecule has 0 aromatic heterocycles. The fourth-order valence-electron chi connectivity index (χ4n) is 2.91. The van der Waals surface area contributed by atoms with E-state index >= 15 is 0 Å². The number of anilines is 1. The molecule has 0 aliphatic rings. The summed E-state index contributed by atoms with van der Waals surface area (Å²) in [5, 5.41) is 22.3. The minimum Gasteiger partial charge on any atom is -0.467 e. The highest BCUT2D eigenvalue weighted by Crippen LogP contribution is 2.41. The van der Waals surface area contributed by atoms with Crippen LogP contribution in [0.5, 0.6) is 11.5 Å². The van der Waals surface area contributed by atoms with E-state index in [1.165, 1.54) is 6.92 Å². The lowest BCUT2D eigenvalue weighted by atomic mass is 10.1. The summed E-state index contributed by atoms with van der Waals surface area (Å²) in [7, 11) is 1.04. The van der Waals surface area contributed by atoms with Gasteiger partial charge in [0.2, 0.25) is 5.91 Å². The molecule has 2 rings (SSSR count). The first kappa shape index (κ1) is 25.0. The minimum atomic E-state index is -5.02. The molecule has 2 aromatic carbocycles. The predicted octanol–water partition coefficient (Wildman–Crippen LogP) is 4.23. The maximum Gasteiger partial charge on any atom is 0.420 e. The Morgan fingerprint density at radius 3 is 2.18 bits per heavy atom. The lowest BCUT2D eigenvalue weighted by molar-refractivity contribution is -0.385. The van der Waals surface area contributed by atoms with Crippen molar-refractivity contribution in [2.24, 2.45) is 0 Å². The van der Waals surface area contributed by atoms with Gasteiger partial charge in [0, 0.05) is 31.2 Å². The van der Waals surface area contributed by atoms with Crippen molar-refractivity contribution >= 4 is 28.9 Å². The maximum atomic E-state index is 13.4. The number of alkyl halides is 3. The van der Waals surface area contributed by atoms with E-state index in [1.807, 2.05) is 0 Å². The fraction of sp³-hybridized carbons (Fsp3) is 0.263. The van der Waals surface area contributed by atoms with Crippen LogP contribution in [0.4, 0.5) is 30.2 Å². The highest BCUT2D eigenvalue weighted by atomic mass is 19.4. The molecule has 1 unspecified atom stereocenters. The smallest absolute Gasteiger partial charge is 0.420 e. The standard InChI is InChI=1S/C19H16F3N3O8/c1-10(18(27)32-3)23(11(2)26)16-9-13(5-6-15(16)25(30)31)33-17-7-4-12(24(28)29)8-14(17)19(20,21)22/h4-10H,1-3H3. The molecule has 1 amide bonds. The molecule has 0 fully saturated rings. The number of hydrogen-bond donors (Lipinski definition) is 0. The van der Waals surface area contributed by atoms with Gasteiger partial charge in [-0.05, 0) is 19.1 Å². The average Bonchev–Trinajstić information content (AvgIpc) is 2.72. The first-order valence-corrected chi connectivity index (χ1v) is 8.97. The Labute approximate surface area is 183 Å². The molecular weight excluding hydrogens is 455 g/mol. The number of ether oxygens (including phenoxy) is 2. The number of carbonyl (C=O) groups is 2. The lowest BCUT2D eigenvalue weighted by Gasteiger charge is -2.26. The van der Waals surface area contributed by atoms with Crippen LogP contribution in [0.25, 0.3) is 0 Å². The summed E-state index contributed by atoms with van der Waals surface area (Å²) in [4.78, 5) is 45.3. The zero-order valence-electron chi connectivity index (χ0n) is 17.3. The molecule has 0 aliphatic carbocycles. The van der Waals surface area contributed by atoms with Crippen molar-refractivity contribution in [2.75, 3.05) is 12.0 Å². The summed E-state index contributed by atoms with van der Waals surface area (Å²) < 4.78 is 50.0. The van der Waals surface area contributed by atoms with Crippen molar-refractivity contribution in [3.05, 3.63) is 62.2 Å². The number of nitrogens with zero attached hydrogens (tertiary/aromatic N) is 3. The third-order valence-corrected chi connectivity index (χ3v) is 4.38. The van der Waals surface area contributed by atoms with E-state index in [2.05, 4.69) is 4.74 Å². The normalized spacial score (nSPS) is 11.9. The highest BCUT2D eigenvalue weighted by Gasteiger charge is 2.37. The molecule has 0 N–H and O–H groups in total. The molecule has 33 heavy (non-hydrogen) atoms. The maximum absolute atomic E-state index is 13.4. The van der Waals surface area contributed by atoms with Gasteiger partial charge in [-0.2, -0.15) is 13.2 Å². The molecular formula is C19H16F3N3O8. The van der Waals surface area contributed by atoms with Crippen molar-refractivity contribution < 1.29 is 42.1 Å². The summed E-state index contributed by atoms with van der Waals surface area (Å²) in [6.45, 7) is 2.26. The second-order valence-corrected chi connectivity index (χ2v) is 6.53. The average molecular weight is 471 g/mol. The molecule has 1 atom stereocenters. The topological polar surface area (TPSA) is 142 Å². The van der Waals surface area contributed by atoms with Crippen LogP contribution < -0.4 is 9.64 Å². The number of nitro benzene ring substituents is 2. The molecule has 2 aromatic rings. The van der Waals surface area contributed by atoms with Crippen LogP contribution >= 0.6 is 0 Å². The number of rotatable bonds is 7. The predicted molar refractivity (Wildman–Crippen MR) is 106 cm³/mol. The van der Waals surface area contributed by atoms with Gasteiger partial charge in [0.05, 0.1) is 17.0 Å². The van der Waals surface area contributed by atoms with Crippen LogP contribution in [0.3, 0.4) is 0 Å². The highest BCUT2D eigenvalue weighted by molar-refractivity contribution is 6.00. The number of non-ortho nitro benzene ring substituents is 1. The van der Waals surface area contributed by atoms with E-state index < -0.39 is 62.3 Å². The van der Waals surface area contributed by atoms with Gasteiger partial charge in [0.25, 0.3) is 11.4 Å². The number of hydrogen-bond acceptors (Lipinski definition) is 8. The summed E-state index contributed by atoms with van der Waals surface area (Å²) in [5.74, 6) is -2.87. The van der Waals surface area contributed by atoms with Crippen molar-refractivity contribution in [2.45, 2.75) is 26.1 Å². The number of nitro groups is 2. The largest absolute Gasteiger partial charge is 0.467 e. The Bertz CT molecular complexity index is 1120. The number of benzene rings is 2. The molecule has 0 aliphatic heterocycles. The van der Waals surface area contributed by atoms with E-state index in [0.29, 0.717) is 0 Å². The molecule has 176 valence electrons.